The fraction of sp³-hybridized carbons (Fsp3) is 0.917. The summed E-state index contributed by atoms with van der Waals surface area (Å²) in [7, 11) is 0. The molecule has 0 saturated carbocycles. The Balaban J connectivity index is 2.49. The Morgan fingerprint density at radius 2 is 2.25 bits per heavy atom. The first-order chi connectivity index (χ1) is 7.66. The van der Waals surface area contributed by atoms with Crippen LogP contribution in [0, 0.1) is 0 Å². The third-order valence-corrected chi connectivity index (χ3v) is 3.93. The van der Waals surface area contributed by atoms with E-state index in [2.05, 4.69) is 6.92 Å². The van der Waals surface area contributed by atoms with Gasteiger partial charge in [0.05, 0.1) is 6.04 Å². The summed E-state index contributed by atoms with van der Waals surface area (Å²) in [6.07, 6.45) is 7.58. The van der Waals surface area contributed by atoms with Crippen LogP contribution in [-0.4, -0.2) is 41.4 Å². The monoisotopic (exact) mass is 244 g/mol. The highest BCUT2D eigenvalue weighted by atomic mass is 32.2. The number of carbonyl (C=O) groups excluding carboxylic acids is 1. The Morgan fingerprint density at radius 1 is 1.50 bits per heavy atom. The first-order valence-electron chi connectivity index (χ1n) is 6.21. The maximum Gasteiger partial charge on any atom is 0.239 e. The Labute approximate surface area is 103 Å². The third kappa shape index (κ3) is 3.98. The quantitative estimate of drug-likeness (QED) is 0.821. The lowest BCUT2D eigenvalue weighted by atomic mass is 10.1. The second-order valence-electron chi connectivity index (χ2n) is 4.62. The number of nitrogens with two attached hydrogens (primary N) is 1. The summed E-state index contributed by atoms with van der Waals surface area (Å²) in [5.74, 6) is 1.12. The lowest BCUT2D eigenvalue weighted by Gasteiger charge is -2.29. The van der Waals surface area contributed by atoms with Gasteiger partial charge in [0.2, 0.25) is 5.91 Å². The molecule has 0 bridgehead atoms. The van der Waals surface area contributed by atoms with Crippen molar-refractivity contribution in [3.63, 3.8) is 0 Å². The molecule has 16 heavy (non-hydrogen) atoms. The molecule has 1 heterocycles. The minimum Gasteiger partial charge on any atom is -0.339 e. The molecule has 2 atom stereocenters. The molecule has 1 aliphatic rings. The Hall–Kier alpha value is -0.220. The molecule has 0 aromatic carbocycles. The SMILES string of the molecule is CSCC[C@H](N)C(=O)N1CCCCCC1C. The van der Waals surface area contributed by atoms with Crippen molar-refractivity contribution in [3.8, 4) is 0 Å². The maximum atomic E-state index is 12.2. The Morgan fingerprint density at radius 3 is 2.94 bits per heavy atom. The van der Waals surface area contributed by atoms with Gasteiger partial charge in [-0.3, -0.25) is 4.79 Å². The number of likely N-dealkylation sites (tertiary alicyclic amines) is 1. The van der Waals surface area contributed by atoms with E-state index in [0.29, 0.717) is 6.04 Å². The van der Waals surface area contributed by atoms with Crippen molar-refractivity contribution in [3.05, 3.63) is 0 Å². The molecule has 4 heteroatoms. The number of hydrogen-bond acceptors (Lipinski definition) is 3. The summed E-state index contributed by atoms with van der Waals surface area (Å²) in [5, 5.41) is 0. The van der Waals surface area contributed by atoms with Gasteiger partial charge in [0.15, 0.2) is 0 Å². The van der Waals surface area contributed by atoms with Crippen LogP contribution in [0.5, 0.6) is 0 Å². The first kappa shape index (κ1) is 13.8. The first-order valence-corrected chi connectivity index (χ1v) is 7.61. The van der Waals surface area contributed by atoms with E-state index in [4.69, 9.17) is 5.73 Å². The van der Waals surface area contributed by atoms with Crippen LogP contribution < -0.4 is 5.73 Å². The molecule has 3 nitrogen and oxygen atoms in total. The van der Waals surface area contributed by atoms with Gasteiger partial charge in [-0.2, -0.15) is 11.8 Å². The maximum absolute atomic E-state index is 12.2. The van der Waals surface area contributed by atoms with Crippen LogP contribution >= 0.6 is 11.8 Å². The van der Waals surface area contributed by atoms with Crippen molar-refractivity contribution in [1.29, 1.82) is 0 Å². The molecule has 1 saturated heterocycles. The van der Waals surface area contributed by atoms with E-state index in [0.717, 1.165) is 31.6 Å². The van der Waals surface area contributed by atoms with E-state index in [1.165, 1.54) is 12.8 Å². The molecule has 1 fully saturated rings. The topological polar surface area (TPSA) is 46.3 Å². The molecule has 0 aromatic heterocycles. The number of carbonyl (C=O) groups is 1. The van der Waals surface area contributed by atoms with Gasteiger partial charge in [0, 0.05) is 12.6 Å². The largest absolute Gasteiger partial charge is 0.339 e. The number of hydrogen-bond donors (Lipinski definition) is 1. The van der Waals surface area contributed by atoms with Crippen LogP contribution in [0.15, 0.2) is 0 Å². The fourth-order valence-corrected chi connectivity index (χ4v) is 2.67. The molecule has 94 valence electrons. The molecule has 1 aliphatic heterocycles. The minimum atomic E-state index is -0.298. The van der Waals surface area contributed by atoms with Crippen LogP contribution in [0.3, 0.4) is 0 Å². The van der Waals surface area contributed by atoms with Crippen LogP contribution in [0.1, 0.15) is 39.0 Å². The molecule has 0 radical (unpaired) electrons. The lowest BCUT2D eigenvalue weighted by Crippen LogP contribution is -2.47. The normalized spacial score (nSPS) is 23.9. The smallest absolute Gasteiger partial charge is 0.239 e. The molecule has 1 amide bonds. The number of nitrogens with zero attached hydrogens (tertiary/aromatic N) is 1. The highest BCUT2D eigenvalue weighted by molar-refractivity contribution is 7.98. The van der Waals surface area contributed by atoms with Crippen molar-refractivity contribution >= 4 is 17.7 Å². The Kier molecular flexibility index (Phi) is 6.21. The van der Waals surface area contributed by atoms with Crippen LogP contribution in [0.25, 0.3) is 0 Å². The summed E-state index contributed by atoms with van der Waals surface area (Å²) in [6.45, 7) is 3.04. The van der Waals surface area contributed by atoms with Gasteiger partial charge >= 0.3 is 0 Å². The van der Waals surface area contributed by atoms with Crippen molar-refractivity contribution in [2.24, 2.45) is 5.73 Å². The van der Waals surface area contributed by atoms with Gasteiger partial charge < -0.3 is 10.6 Å². The van der Waals surface area contributed by atoms with Gasteiger partial charge in [-0.25, -0.2) is 0 Å². The minimum absolute atomic E-state index is 0.156. The second kappa shape index (κ2) is 7.17. The predicted molar refractivity (Wildman–Crippen MR) is 70.6 cm³/mol. The molecule has 0 spiro atoms. The van der Waals surface area contributed by atoms with Gasteiger partial charge in [0.1, 0.15) is 0 Å². The van der Waals surface area contributed by atoms with E-state index in [-0.39, 0.29) is 11.9 Å². The third-order valence-electron chi connectivity index (χ3n) is 3.29. The average molecular weight is 244 g/mol. The molecule has 0 aliphatic carbocycles. The zero-order valence-corrected chi connectivity index (χ0v) is 11.3. The lowest BCUT2D eigenvalue weighted by molar-refractivity contribution is -0.134. The summed E-state index contributed by atoms with van der Waals surface area (Å²) in [4.78, 5) is 14.2. The van der Waals surface area contributed by atoms with E-state index in [1.807, 2.05) is 11.2 Å². The van der Waals surface area contributed by atoms with Crippen LogP contribution in [0.4, 0.5) is 0 Å². The van der Waals surface area contributed by atoms with Gasteiger partial charge in [-0.1, -0.05) is 12.8 Å². The van der Waals surface area contributed by atoms with Crippen LogP contribution in [0.2, 0.25) is 0 Å². The van der Waals surface area contributed by atoms with Crippen LogP contribution in [-0.2, 0) is 4.79 Å². The van der Waals surface area contributed by atoms with E-state index in [9.17, 15) is 4.79 Å². The molecule has 0 aromatic rings. The molecule has 2 N–H and O–H groups in total. The molecule has 1 rings (SSSR count). The van der Waals surface area contributed by atoms with E-state index in [1.54, 1.807) is 11.8 Å². The zero-order chi connectivity index (χ0) is 12.0. The highest BCUT2D eigenvalue weighted by Crippen LogP contribution is 2.17. The Bertz CT molecular complexity index is 223. The van der Waals surface area contributed by atoms with Crippen molar-refractivity contribution in [2.75, 3.05) is 18.6 Å². The van der Waals surface area contributed by atoms with Crippen molar-refractivity contribution in [1.82, 2.24) is 4.90 Å². The summed E-state index contributed by atoms with van der Waals surface area (Å²) in [5.41, 5.74) is 5.94. The number of rotatable bonds is 4. The second-order valence-corrected chi connectivity index (χ2v) is 5.60. The van der Waals surface area contributed by atoms with Gasteiger partial charge in [0.25, 0.3) is 0 Å². The average Bonchev–Trinajstić information content (AvgIpc) is 2.49. The van der Waals surface area contributed by atoms with Gasteiger partial charge in [-0.05, 0) is 38.2 Å². The zero-order valence-electron chi connectivity index (χ0n) is 10.4. The predicted octanol–water partition coefficient (Wildman–Crippen LogP) is 1.86. The van der Waals surface area contributed by atoms with Crippen molar-refractivity contribution < 1.29 is 4.79 Å². The standard InChI is InChI=1S/C12H24N2OS/c1-10-6-4-3-5-8-14(10)12(15)11(13)7-9-16-2/h10-11H,3-9,13H2,1-2H3/t10?,11-/m0/s1. The number of thioether (sulfide) groups is 1. The highest BCUT2D eigenvalue weighted by Gasteiger charge is 2.25. The van der Waals surface area contributed by atoms with Crippen molar-refractivity contribution in [2.45, 2.75) is 51.1 Å². The van der Waals surface area contributed by atoms with E-state index >= 15 is 0 Å². The summed E-state index contributed by atoms with van der Waals surface area (Å²) in [6, 6.07) is 0.0725. The number of amides is 1. The fourth-order valence-electron chi connectivity index (χ4n) is 2.18. The summed E-state index contributed by atoms with van der Waals surface area (Å²) >= 11 is 1.75. The van der Waals surface area contributed by atoms with E-state index < -0.39 is 0 Å². The summed E-state index contributed by atoms with van der Waals surface area (Å²) < 4.78 is 0. The molecule has 1 unspecified atom stereocenters. The molecular weight excluding hydrogens is 220 g/mol. The van der Waals surface area contributed by atoms with Gasteiger partial charge in [-0.15, -0.1) is 0 Å². The molecular formula is C12H24N2OS.